The molecule has 0 aliphatic heterocycles. The van der Waals surface area contributed by atoms with Crippen molar-refractivity contribution < 1.29 is 19.4 Å². The number of aliphatic hydroxyl groups is 1. The van der Waals surface area contributed by atoms with Crippen molar-refractivity contribution in [2.75, 3.05) is 0 Å². The number of carbonyl (C=O) groups excluding carboxylic acids is 1. The van der Waals surface area contributed by atoms with Crippen LogP contribution in [0.5, 0.6) is 0 Å². The second kappa shape index (κ2) is 8.79. The van der Waals surface area contributed by atoms with Crippen LogP contribution in [-0.2, 0) is 9.47 Å². The highest BCUT2D eigenvalue weighted by molar-refractivity contribution is 6.07. The SMILES string of the molecule is CC(C)(C)OC(=O)n1c2ccccc2c(=O)c2cc3c(cc21)c(=O)c1ccccc1n3C(O)OC(C)(C)C. The largest absolute Gasteiger partial charge is 0.443 e. The van der Waals surface area contributed by atoms with Crippen LogP contribution >= 0.6 is 0 Å². The standard InChI is InChI=1S/C30H30N2O6/c1-29(2,3)37-27(35)31-21-13-9-7-11-17(21)25(33)19-16-24-20(15-23(19)31)26(34)18-12-8-10-14-22(18)32(24)28(36)38-30(4,5)6/h7-16,27,35H,1-6H3. The molecule has 0 bridgehead atoms. The van der Waals surface area contributed by atoms with Gasteiger partial charge in [0.1, 0.15) is 5.60 Å². The predicted octanol–water partition coefficient (Wildman–Crippen LogP) is 5.67. The molecule has 0 aliphatic rings. The normalized spacial score (nSPS) is 13.4. The average molecular weight is 515 g/mol. The Balaban J connectivity index is 1.99. The van der Waals surface area contributed by atoms with Crippen LogP contribution in [0.15, 0.2) is 70.3 Å². The summed E-state index contributed by atoms with van der Waals surface area (Å²) in [5.74, 6) is 0. The van der Waals surface area contributed by atoms with Gasteiger partial charge in [-0.15, -0.1) is 0 Å². The number of para-hydroxylation sites is 2. The first-order valence-corrected chi connectivity index (χ1v) is 12.4. The molecule has 1 unspecified atom stereocenters. The molecule has 1 atom stereocenters. The Kier molecular flexibility index (Phi) is 5.93. The molecule has 196 valence electrons. The molecular formula is C30H30N2O6. The maximum Gasteiger partial charge on any atom is 0.419 e. The van der Waals surface area contributed by atoms with E-state index < -0.39 is 23.7 Å². The summed E-state index contributed by atoms with van der Waals surface area (Å²) in [4.78, 5) is 40.9. The second-order valence-electron chi connectivity index (χ2n) is 11.3. The third-order valence-corrected chi connectivity index (χ3v) is 6.16. The van der Waals surface area contributed by atoms with Crippen LogP contribution in [0.1, 0.15) is 48.0 Å². The van der Waals surface area contributed by atoms with Crippen molar-refractivity contribution in [3.05, 3.63) is 81.1 Å². The van der Waals surface area contributed by atoms with E-state index >= 15 is 0 Å². The quantitative estimate of drug-likeness (QED) is 0.241. The minimum atomic E-state index is -1.45. The van der Waals surface area contributed by atoms with Crippen molar-refractivity contribution in [3.8, 4) is 0 Å². The summed E-state index contributed by atoms with van der Waals surface area (Å²) in [6.07, 6.45) is -2.12. The number of fused-ring (bicyclic) bond motifs is 4. The van der Waals surface area contributed by atoms with E-state index in [9.17, 15) is 19.5 Å². The van der Waals surface area contributed by atoms with E-state index in [-0.39, 0.29) is 27.1 Å². The lowest BCUT2D eigenvalue weighted by atomic mass is 10.0. The van der Waals surface area contributed by atoms with Crippen molar-refractivity contribution in [2.24, 2.45) is 0 Å². The number of ether oxygens (including phenoxy) is 2. The van der Waals surface area contributed by atoms with Crippen molar-refractivity contribution in [3.63, 3.8) is 0 Å². The van der Waals surface area contributed by atoms with E-state index in [2.05, 4.69) is 0 Å². The summed E-state index contributed by atoms with van der Waals surface area (Å²) in [6, 6.07) is 16.7. The molecule has 0 saturated heterocycles. The molecule has 2 heterocycles. The number of rotatable bonds is 2. The van der Waals surface area contributed by atoms with Crippen LogP contribution in [0.3, 0.4) is 0 Å². The van der Waals surface area contributed by atoms with Gasteiger partial charge >= 0.3 is 6.09 Å². The molecule has 0 saturated carbocycles. The number of carbonyl (C=O) groups is 1. The van der Waals surface area contributed by atoms with E-state index in [1.165, 1.54) is 15.2 Å². The summed E-state index contributed by atoms with van der Waals surface area (Å²) >= 11 is 0. The molecule has 5 rings (SSSR count). The lowest BCUT2D eigenvalue weighted by molar-refractivity contribution is -0.206. The summed E-state index contributed by atoms with van der Waals surface area (Å²) < 4.78 is 14.4. The van der Waals surface area contributed by atoms with Crippen molar-refractivity contribution in [2.45, 2.75) is 59.2 Å². The Morgan fingerprint density at radius 1 is 0.711 bits per heavy atom. The summed E-state index contributed by atoms with van der Waals surface area (Å²) in [5, 5.41) is 12.3. The molecule has 5 aromatic rings. The van der Waals surface area contributed by atoms with Gasteiger partial charge in [-0.25, -0.2) is 9.36 Å². The van der Waals surface area contributed by atoms with Crippen molar-refractivity contribution in [1.82, 2.24) is 9.13 Å². The molecule has 0 aliphatic carbocycles. The molecule has 38 heavy (non-hydrogen) atoms. The van der Waals surface area contributed by atoms with Gasteiger partial charge in [0.2, 0.25) is 6.41 Å². The van der Waals surface area contributed by atoms with Crippen LogP contribution in [0.2, 0.25) is 0 Å². The fourth-order valence-electron chi connectivity index (χ4n) is 4.72. The molecule has 3 aromatic carbocycles. The first kappa shape index (κ1) is 25.6. The van der Waals surface area contributed by atoms with Gasteiger partial charge in [0, 0.05) is 21.5 Å². The van der Waals surface area contributed by atoms with Gasteiger partial charge < -0.3 is 14.6 Å². The van der Waals surface area contributed by atoms with Crippen LogP contribution < -0.4 is 10.9 Å². The third kappa shape index (κ3) is 4.36. The van der Waals surface area contributed by atoms with Gasteiger partial charge in [-0.05, 0) is 77.9 Å². The Hall–Kier alpha value is -4.01. The number of aliphatic hydroxyl groups excluding tert-OH is 1. The van der Waals surface area contributed by atoms with Crippen LogP contribution in [0.25, 0.3) is 43.6 Å². The number of pyridine rings is 2. The molecule has 0 fully saturated rings. The molecule has 0 spiro atoms. The average Bonchev–Trinajstić information content (AvgIpc) is 2.82. The summed E-state index contributed by atoms with van der Waals surface area (Å²) in [7, 11) is 0. The second-order valence-corrected chi connectivity index (χ2v) is 11.3. The molecule has 0 radical (unpaired) electrons. The van der Waals surface area contributed by atoms with Gasteiger partial charge in [-0.1, -0.05) is 24.3 Å². The molecular weight excluding hydrogens is 484 g/mol. The summed E-state index contributed by atoms with van der Waals surface area (Å²) in [5.41, 5.74) is -0.732. The molecule has 2 aromatic heterocycles. The Morgan fingerprint density at radius 2 is 1.21 bits per heavy atom. The zero-order chi connectivity index (χ0) is 27.6. The van der Waals surface area contributed by atoms with Crippen LogP contribution in [0, 0.1) is 0 Å². The topological polar surface area (TPSA) is 99.8 Å². The number of hydrogen-bond donors (Lipinski definition) is 1. The van der Waals surface area contributed by atoms with Crippen LogP contribution in [-0.4, -0.2) is 31.5 Å². The van der Waals surface area contributed by atoms with Gasteiger partial charge in [-0.3, -0.25) is 14.2 Å². The summed E-state index contributed by atoms with van der Waals surface area (Å²) in [6.45, 7) is 10.7. The first-order chi connectivity index (χ1) is 17.8. The minimum absolute atomic E-state index is 0.202. The van der Waals surface area contributed by atoms with E-state index in [1.54, 1.807) is 75.4 Å². The zero-order valence-corrected chi connectivity index (χ0v) is 22.2. The first-order valence-electron chi connectivity index (χ1n) is 12.4. The maximum absolute atomic E-state index is 13.7. The number of aromatic nitrogens is 2. The van der Waals surface area contributed by atoms with E-state index in [4.69, 9.17) is 9.47 Å². The van der Waals surface area contributed by atoms with E-state index in [1.807, 2.05) is 20.8 Å². The molecule has 0 amide bonds. The number of nitrogens with zero attached hydrogens (tertiary/aromatic N) is 2. The maximum atomic E-state index is 13.7. The fourth-order valence-corrected chi connectivity index (χ4v) is 4.72. The Bertz CT molecular complexity index is 1870. The highest BCUT2D eigenvalue weighted by Gasteiger charge is 2.26. The van der Waals surface area contributed by atoms with E-state index in [0.29, 0.717) is 27.3 Å². The predicted molar refractivity (Wildman–Crippen MR) is 149 cm³/mol. The lowest BCUT2D eigenvalue weighted by Gasteiger charge is -2.28. The third-order valence-electron chi connectivity index (χ3n) is 6.16. The minimum Gasteiger partial charge on any atom is -0.443 e. The number of benzene rings is 3. The van der Waals surface area contributed by atoms with Gasteiger partial charge in [0.15, 0.2) is 10.9 Å². The van der Waals surface area contributed by atoms with Gasteiger partial charge in [-0.2, -0.15) is 0 Å². The van der Waals surface area contributed by atoms with Crippen molar-refractivity contribution in [1.29, 1.82) is 0 Å². The van der Waals surface area contributed by atoms with Gasteiger partial charge in [0.05, 0.1) is 27.7 Å². The Labute approximate surface area is 218 Å². The monoisotopic (exact) mass is 514 g/mol. The highest BCUT2D eigenvalue weighted by atomic mass is 16.6. The zero-order valence-electron chi connectivity index (χ0n) is 22.2. The molecule has 8 nitrogen and oxygen atoms in total. The van der Waals surface area contributed by atoms with Gasteiger partial charge in [0.25, 0.3) is 0 Å². The lowest BCUT2D eigenvalue weighted by Crippen LogP contribution is -2.29. The smallest absolute Gasteiger partial charge is 0.419 e. The fraction of sp³-hybridized carbons (Fsp3) is 0.300. The van der Waals surface area contributed by atoms with Crippen LogP contribution in [0.4, 0.5) is 4.79 Å². The Morgan fingerprint density at radius 3 is 1.79 bits per heavy atom. The molecule has 1 N–H and O–H groups in total. The highest BCUT2D eigenvalue weighted by Crippen LogP contribution is 2.30. The molecule has 8 heteroatoms. The number of hydrogen-bond acceptors (Lipinski definition) is 6. The van der Waals surface area contributed by atoms with E-state index in [0.717, 1.165) is 0 Å². The van der Waals surface area contributed by atoms with Crippen molar-refractivity contribution >= 4 is 49.7 Å².